The molecule has 1 amide bonds. The fourth-order valence-electron chi connectivity index (χ4n) is 2.43. The number of allylic oxidation sites excluding steroid dienone is 1. The third-order valence-corrected chi connectivity index (χ3v) is 3.39. The second kappa shape index (κ2) is 4.87. The van der Waals surface area contributed by atoms with Crippen LogP contribution in [-0.2, 0) is 4.74 Å². The first-order valence-corrected chi connectivity index (χ1v) is 6.12. The van der Waals surface area contributed by atoms with Crippen LogP contribution in [0.4, 0.5) is 4.79 Å². The molecular weight excluding hydrogens is 204 g/mol. The molecule has 1 aliphatic carbocycles. The maximum atomic E-state index is 11.6. The topological polar surface area (TPSA) is 50.4 Å². The Morgan fingerprint density at radius 2 is 2.56 bits per heavy atom. The fraction of sp³-hybridized carbons (Fsp3) is 0.750. The highest BCUT2D eigenvalue weighted by Crippen LogP contribution is 2.33. The molecule has 1 saturated heterocycles. The Balaban J connectivity index is 1.84. The molecule has 0 aromatic rings. The number of amides is 1. The predicted molar refractivity (Wildman–Crippen MR) is 62.3 cm³/mol. The van der Waals surface area contributed by atoms with Gasteiger partial charge in [0, 0.05) is 13.1 Å². The van der Waals surface area contributed by atoms with Crippen LogP contribution in [0.2, 0.25) is 0 Å². The Morgan fingerprint density at radius 3 is 3.38 bits per heavy atom. The molecule has 0 aromatic heterocycles. The third-order valence-electron chi connectivity index (χ3n) is 3.39. The van der Waals surface area contributed by atoms with E-state index in [9.17, 15) is 4.79 Å². The first-order valence-electron chi connectivity index (χ1n) is 6.12. The smallest absolute Gasteiger partial charge is 0.407 e. The highest BCUT2D eigenvalue weighted by molar-refractivity contribution is 5.69. The van der Waals surface area contributed by atoms with Gasteiger partial charge in [-0.15, -0.1) is 0 Å². The molecule has 0 bridgehead atoms. The molecule has 2 N–H and O–H groups in total. The Morgan fingerprint density at radius 1 is 1.69 bits per heavy atom. The number of unbranched alkanes of at least 4 members (excludes halogenated alkanes) is 1. The summed E-state index contributed by atoms with van der Waals surface area (Å²) < 4.78 is 5.14. The Kier molecular flexibility index (Phi) is 3.49. The van der Waals surface area contributed by atoms with Crippen LogP contribution >= 0.6 is 0 Å². The van der Waals surface area contributed by atoms with E-state index in [1.54, 1.807) is 0 Å². The van der Waals surface area contributed by atoms with Gasteiger partial charge in [0.15, 0.2) is 0 Å². The van der Waals surface area contributed by atoms with Crippen LogP contribution in [0.3, 0.4) is 0 Å². The van der Waals surface area contributed by atoms with Gasteiger partial charge in [-0.3, -0.25) is 0 Å². The summed E-state index contributed by atoms with van der Waals surface area (Å²) in [6.07, 6.45) is 5.99. The van der Waals surface area contributed by atoms with Crippen molar-refractivity contribution >= 4 is 6.09 Å². The summed E-state index contributed by atoms with van der Waals surface area (Å²) in [7, 11) is 0. The Bertz CT molecular complexity index is 301. The molecule has 1 aliphatic heterocycles. The van der Waals surface area contributed by atoms with Gasteiger partial charge < -0.3 is 15.4 Å². The van der Waals surface area contributed by atoms with Crippen LogP contribution in [-0.4, -0.2) is 31.3 Å². The number of nitrogens with one attached hydrogen (secondary N) is 2. The van der Waals surface area contributed by atoms with Crippen LogP contribution in [0.5, 0.6) is 0 Å². The summed E-state index contributed by atoms with van der Waals surface area (Å²) in [6, 6.07) is 0. The molecule has 0 saturated carbocycles. The Labute approximate surface area is 96.4 Å². The average molecular weight is 224 g/mol. The van der Waals surface area contributed by atoms with Crippen LogP contribution in [0, 0.1) is 0 Å². The highest BCUT2D eigenvalue weighted by Gasteiger charge is 2.42. The molecule has 2 rings (SSSR count). The van der Waals surface area contributed by atoms with Crippen molar-refractivity contribution in [2.45, 2.75) is 38.1 Å². The van der Waals surface area contributed by atoms with E-state index in [2.05, 4.69) is 23.6 Å². The zero-order chi connectivity index (χ0) is 11.4. The van der Waals surface area contributed by atoms with E-state index in [0.717, 1.165) is 38.8 Å². The summed E-state index contributed by atoms with van der Waals surface area (Å²) >= 11 is 0. The van der Waals surface area contributed by atoms with E-state index >= 15 is 0 Å². The van der Waals surface area contributed by atoms with E-state index in [0.29, 0.717) is 6.61 Å². The molecule has 0 aromatic carbocycles. The lowest BCUT2D eigenvalue weighted by Gasteiger charge is -2.26. The number of fused-ring (bicyclic) bond motifs is 1. The number of rotatable bonds is 4. The highest BCUT2D eigenvalue weighted by atomic mass is 16.5. The monoisotopic (exact) mass is 224 g/mol. The second-order valence-corrected chi connectivity index (χ2v) is 4.57. The zero-order valence-corrected chi connectivity index (χ0v) is 9.84. The van der Waals surface area contributed by atoms with Crippen molar-refractivity contribution in [3.05, 3.63) is 11.6 Å². The lowest BCUT2D eigenvalue weighted by atomic mass is 9.95. The van der Waals surface area contributed by atoms with Gasteiger partial charge in [-0.05, 0) is 24.8 Å². The van der Waals surface area contributed by atoms with E-state index < -0.39 is 0 Å². The van der Waals surface area contributed by atoms with Crippen molar-refractivity contribution in [3.8, 4) is 0 Å². The van der Waals surface area contributed by atoms with Crippen molar-refractivity contribution in [1.82, 2.24) is 10.6 Å². The molecule has 0 radical (unpaired) electrons. The molecule has 2 aliphatic rings. The fourth-order valence-corrected chi connectivity index (χ4v) is 2.43. The largest absolute Gasteiger partial charge is 0.450 e. The van der Waals surface area contributed by atoms with Crippen molar-refractivity contribution < 1.29 is 9.53 Å². The van der Waals surface area contributed by atoms with Gasteiger partial charge in [-0.2, -0.15) is 0 Å². The average Bonchev–Trinajstić information content (AvgIpc) is 2.76. The molecule has 4 nitrogen and oxygen atoms in total. The summed E-state index contributed by atoms with van der Waals surface area (Å²) in [5, 5.41) is 6.32. The standard InChI is InChI=1S/C12H20N2O2/c1-2-3-7-16-11(15)14-12-6-4-5-10(12)8-13-9-12/h5,13H,2-4,6-9H2,1H3,(H,14,15). The van der Waals surface area contributed by atoms with Crippen LogP contribution in [0.1, 0.15) is 32.6 Å². The van der Waals surface area contributed by atoms with Gasteiger partial charge in [0.05, 0.1) is 12.1 Å². The minimum absolute atomic E-state index is 0.150. The minimum Gasteiger partial charge on any atom is -0.450 e. The minimum atomic E-state index is -0.273. The molecule has 4 heteroatoms. The van der Waals surface area contributed by atoms with Crippen LogP contribution in [0.25, 0.3) is 0 Å². The maximum absolute atomic E-state index is 11.6. The normalized spacial score (nSPS) is 27.4. The molecular formula is C12H20N2O2. The van der Waals surface area contributed by atoms with E-state index in [1.807, 2.05) is 0 Å². The molecule has 1 fully saturated rings. The lowest BCUT2D eigenvalue weighted by molar-refractivity contribution is 0.135. The van der Waals surface area contributed by atoms with Gasteiger partial charge in [0.2, 0.25) is 0 Å². The quantitative estimate of drug-likeness (QED) is 0.563. The third kappa shape index (κ3) is 2.21. The molecule has 1 heterocycles. The van der Waals surface area contributed by atoms with E-state index in [1.165, 1.54) is 5.57 Å². The number of ether oxygens (including phenoxy) is 1. The number of alkyl carbamates (subject to hydrolysis) is 1. The number of hydrogen-bond donors (Lipinski definition) is 2. The number of carbonyl (C=O) groups is 1. The zero-order valence-electron chi connectivity index (χ0n) is 9.84. The van der Waals surface area contributed by atoms with E-state index in [-0.39, 0.29) is 11.6 Å². The maximum Gasteiger partial charge on any atom is 0.407 e. The van der Waals surface area contributed by atoms with Gasteiger partial charge in [-0.25, -0.2) is 4.79 Å². The second-order valence-electron chi connectivity index (χ2n) is 4.57. The van der Waals surface area contributed by atoms with Crippen molar-refractivity contribution in [2.75, 3.05) is 19.7 Å². The van der Waals surface area contributed by atoms with E-state index in [4.69, 9.17) is 4.74 Å². The number of carbonyl (C=O) groups excluding carboxylic acids is 1. The Hall–Kier alpha value is -1.03. The van der Waals surface area contributed by atoms with Crippen molar-refractivity contribution in [1.29, 1.82) is 0 Å². The SMILES string of the molecule is CCCCOC(=O)NC12CCC=C1CNC2. The van der Waals surface area contributed by atoms with Crippen LogP contribution in [0.15, 0.2) is 11.6 Å². The van der Waals surface area contributed by atoms with Gasteiger partial charge in [0.1, 0.15) is 0 Å². The first kappa shape index (κ1) is 11.5. The summed E-state index contributed by atoms with van der Waals surface area (Å²) in [5.41, 5.74) is 1.17. The van der Waals surface area contributed by atoms with Gasteiger partial charge in [0.25, 0.3) is 0 Å². The number of hydrogen-bond acceptors (Lipinski definition) is 3. The lowest BCUT2D eigenvalue weighted by Crippen LogP contribution is -2.50. The molecule has 1 unspecified atom stereocenters. The van der Waals surface area contributed by atoms with Gasteiger partial charge >= 0.3 is 6.09 Å². The molecule has 0 spiro atoms. The molecule has 16 heavy (non-hydrogen) atoms. The summed E-state index contributed by atoms with van der Waals surface area (Å²) in [6.45, 7) is 4.33. The molecule has 1 atom stereocenters. The predicted octanol–water partition coefficient (Wildman–Crippen LogP) is 1.57. The van der Waals surface area contributed by atoms with Crippen molar-refractivity contribution in [3.63, 3.8) is 0 Å². The van der Waals surface area contributed by atoms with Gasteiger partial charge in [-0.1, -0.05) is 19.4 Å². The van der Waals surface area contributed by atoms with Crippen LogP contribution < -0.4 is 10.6 Å². The molecule has 90 valence electrons. The summed E-state index contributed by atoms with van der Waals surface area (Å²) in [5.74, 6) is 0. The first-order chi connectivity index (χ1) is 7.77. The summed E-state index contributed by atoms with van der Waals surface area (Å²) in [4.78, 5) is 11.6. The van der Waals surface area contributed by atoms with Crippen molar-refractivity contribution in [2.24, 2.45) is 0 Å².